The van der Waals surface area contributed by atoms with Crippen LogP contribution in [-0.2, 0) is 15.7 Å². The lowest BCUT2D eigenvalue weighted by Crippen LogP contribution is -2.20. The van der Waals surface area contributed by atoms with Crippen LogP contribution in [-0.4, -0.2) is 33.7 Å². The number of nitrogens with one attached hydrogen (secondary N) is 1. The van der Waals surface area contributed by atoms with Crippen LogP contribution in [0.1, 0.15) is 5.56 Å². The number of alkyl halides is 3. The summed E-state index contributed by atoms with van der Waals surface area (Å²) in [6.07, 6.45) is -4.45. The van der Waals surface area contributed by atoms with Gasteiger partial charge in [-0.1, -0.05) is 0 Å². The highest BCUT2D eigenvalue weighted by molar-refractivity contribution is 5.95. The number of hydrogen-bond donors (Lipinski definition) is 1. The number of hydrogen-bond acceptors (Lipinski definition) is 3. The maximum Gasteiger partial charge on any atom is 0.416 e. The maximum absolute atomic E-state index is 12.6. The number of rotatable bonds is 4. The van der Waals surface area contributed by atoms with Crippen molar-refractivity contribution in [2.45, 2.75) is 6.18 Å². The summed E-state index contributed by atoms with van der Waals surface area (Å²) in [5.74, 6) is -0.509. The second-order valence-corrected chi connectivity index (χ2v) is 4.11. The molecule has 4 nitrogen and oxygen atoms in total. The fourth-order valence-electron chi connectivity index (χ4n) is 1.52. The second-order valence-electron chi connectivity index (χ2n) is 4.11. The first-order chi connectivity index (χ1) is 8.75. The SMILES string of the molecule is COCC(=O)Nc1cc(C(F)(F)F)ccc1N(C)C. The van der Waals surface area contributed by atoms with E-state index in [1.54, 1.807) is 19.0 Å². The van der Waals surface area contributed by atoms with E-state index in [0.29, 0.717) is 5.69 Å². The molecule has 0 heterocycles. The van der Waals surface area contributed by atoms with Crippen LogP contribution in [0, 0.1) is 0 Å². The zero-order valence-corrected chi connectivity index (χ0v) is 10.8. The summed E-state index contributed by atoms with van der Waals surface area (Å²) < 4.78 is 42.5. The second kappa shape index (κ2) is 5.92. The number of halogens is 3. The molecular formula is C12H15F3N2O2. The standard InChI is InChI=1S/C12H15F3N2O2/c1-17(2)10-5-4-8(12(13,14)15)6-9(10)16-11(18)7-19-3/h4-6H,7H2,1-3H3,(H,16,18). The van der Waals surface area contributed by atoms with Crippen molar-refractivity contribution in [3.63, 3.8) is 0 Å². The van der Waals surface area contributed by atoms with E-state index in [1.165, 1.54) is 13.2 Å². The Morgan fingerprint density at radius 1 is 1.37 bits per heavy atom. The molecule has 1 amide bonds. The summed E-state index contributed by atoms with van der Waals surface area (Å²) in [7, 11) is 4.68. The number of amides is 1. The number of methoxy groups -OCH3 is 1. The van der Waals surface area contributed by atoms with Gasteiger partial charge in [-0.25, -0.2) is 0 Å². The summed E-state index contributed by atoms with van der Waals surface area (Å²) >= 11 is 0. The molecule has 0 fully saturated rings. The fourth-order valence-corrected chi connectivity index (χ4v) is 1.52. The first-order valence-electron chi connectivity index (χ1n) is 5.43. The van der Waals surface area contributed by atoms with Gasteiger partial charge in [0.2, 0.25) is 5.91 Å². The van der Waals surface area contributed by atoms with Crippen LogP contribution in [0.2, 0.25) is 0 Å². The first kappa shape index (κ1) is 15.3. The molecule has 0 saturated carbocycles. The molecule has 0 aromatic heterocycles. The number of anilines is 2. The van der Waals surface area contributed by atoms with Gasteiger partial charge in [-0.15, -0.1) is 0 Å². The van der Waals surface area contributed by atoms with Gasteiger partial charge in [0.1, 0.15) is 6.61 Å². The third kappa shape index (κ3) is 4.13. The van der Waals surface area contributed by atoms with Crippen LogP contribution in [0.4, 0.5) is 24.5 Å². The Balaban J connectivity index is 3.12. The van der Waals surface area contributed by atoms with Gasteiger partial charge in [0, 0.05) is 21.2 Å². The fraction of sp³-hybridized carbons (Fsp3) is 0.417. The Labute approximate surface area is 109 Å². The van der Waals surface area contributed by atoms with Crippen LogP contribution in [0.15, 0.2) is 18.2 Å². The molecule has 1 N–H and O–H groups in total. The quantitative estimate of drug-likeness (QED) is 0.918. The highest BCUT2D eigenvalue weighted by Gasteiger charge is 2.31. The van der Waals surface area contributed by atoms with E-state index < -0.39 is 17.6 Å². The Morgan fingerprint density at radius 2 is 2.00 bits per heavy atom. The third-order valence-electron chi connectivity index (χ3n) is 2.36. The van der Waals surface area contributed by atoms with Crippen molar-refractivity contribution in [1.82, 2.24) is 0 Å². The molecule has 0 radical (unpaired) electrons. The largest absolute Gasteiger partial charge is 0.416 e. The third-order valence-corrected chi connectivity index (χ3v) is 2.36. The molecule has 19 heavy (non-hydrogen) atoms. The molecule has 1 aromatic carbocycles. The lowest BCUT2D eigenvalue weighted by Gasteiger charge is -2.19. The number of carbonyl (C=O) groups is 1. The average molecular weight is 276 g/mol. The molecule has 0 bridgehead atoms. The summed E-state index contributed by atoms with van der Waals surface area (Å²) in [5, 5.41) is 2.40. The molecule has 0 aliphatic carbocycles. The van der Waals surface area contributed by atoms with Gasteiger partial charge >= 0.3 is 6.18 Å². The maximum atomic E-state index is 12.6. The van der Waals surface area contributed by atoms with Gasteiger partial charge in [0.15, 0.2) is 0 Å². The molecule has 0 saturated heterocycles. The Morgan fingerprint density at radius 3 is 2.47 bits per heavy atom. The van der Waals surface area contributed by atoms with E-state index >= 15 is 0 Å². The molecule has 0 spiro atoms. The summed E-state index contributed by atoms with van der Waals surface area (Å²) in [6, 6.07) is 3.19. The summed E-state index contributed by atoms with van der Waals surface area (Å²) in [4.78, 5) is 13.0. The molecular weight excluding hydrogens is 261 g/mol. The lowest BCUT2D eigenvalue weighted by molar-refractivity contribution is -0.137. The van der Waals surface area contributed by atoms with Crippen molar-refractivity contribution in [2.24, 2.45) is 0 Å². The van der Waals surface area contributed by atoms with Crippen molar-refractivity contribution in [1.29, 1.82) is 0 Å². The van der Waals surface area contributed by atoms with Crippen molar-refractivity contribution in [2.75, 3.05) is 38.0 Å². The van der Waals surface area contributed by atoms with Gasteiger partial charge in [-0.3, -0.25) is 4.79 Å². The average Bonchev–Trinajstić information content (AvgIpc) is 2.27. The number of ether oxygens (including phenoxy) is 1. The Kier molecular flexibility index (Phi) is 4.77. The van der Waals surface area contributed by atoms with Crippen molar-refractivity contribution in [3.05, 3.63) is 23.8 Å². The Hall–Kier alpha value is -1.76. The van der Waals surface area contributed by atoms with Gasteiger partial charge < -0.3 is 15.0 Å². The molecule has 106 valence electrons. The minimum Gasteiger partial charge on any atom is -0.376 e. The molecule has 7 heteroatoms. The number of nitrogens with zero attached hydrogens (tertiary/aromatic N) is 1. The van der Waals surface area contributed by atoms with Crippen LogP contribution in [0.3, 0.4) is 0 Å². The zero-order valence-electron chi connectivity index (χ0n) is 10.8. The van der Waals surface area contributed by atoms with Crippen LogP contribution in [0.5, 0.6) is 0 Å². The smallest absolute Gasteiger partial charge is 0.376 e. The van der Waals surface area contributed by atoms with Gasteiger partial charge in [-0.05, 0) is 18.2 Å². The number of carbonyl (C=O) groups excluding carboxylic acids is 1. The van der Waals surface area contributed by atoms with Crippen LogP contribution in [0.25, 0.3) is 0 Å². The minimum absolute atomic E-state index is 0.0990. The lowest BCUT2D eigenvalue weighted by atomic mass is 10.1. The zero-order chi connectivity index (χ0) is 14.6. The monoisotopic (exact) mass is 276 g/mol. The highest BCUT2D eigenvalue weighted by Crippen LogP contribution is 2.34. The van der Waals surface area contributed by atoms with E-state index in [1.807, 2.05) is 0 Å². The van der Waals surface area contributed by atoms with E-state index in [9.17, 15) is 18.0 Å². The van der Waals surface area contributed by atoms with E-state index in [2.05, 4.69) is 10.1 Å². The molecule has 0 aliphatic rings. The summed E-state index contributed by atoms with van der Waals surface area (Å²) in [6.45, 7) is -0.219. The Bertz CT molecular complexity index is 459. The van der Waals surface area contributed by atoms with Gasteiger partial charge in [-0.2, -0.15) is 13.2 Å². The van der Waals surface area contributed by atoms with E-state index in [0.717, 1.165) is 12.1 Å². The molecule has 0 aliphatic heterocycles. The topological polar surface area (TPSA) is 41.6 Å². The molecule has 1 aromatic rings. The molecule has 0 unspecified atom stereocenters. The predicted octanol–water partition coefficient (Wildman–Crippen LogP) is 2.36. The predicted molar refractivity (Wildman–Crippen MR) is 66.3 cm³/mol. The molecule has 1 rings (SSSR count). The van der Waals surface area contributed by atoms with E-state index in [4.69, 9.17) is 0 Å². The van der Waals surface area contributed by atoms with Crippen molar-refractivity contribution >= 4 is 17.3 Å². The van der Waals surface area contributed by atoms with E-state index in [-0.39, 0.29) is 12.3 Å². The minimum atomic E-state index is -4.45. The van der Waals surface area contributed by atoms with Crippen LogP contribution >= 0.6 is 0 Å². The first-order valence-corrected chi connectivity index (χ1v) is 5.43. The van der Waals surface area contributed by atoms with Crippen LogP contribution < -0.4 is 10.2 Å². The van der Waals surface area contributed by atoms with Gasteiger partial charge in [0.05, 0.1) is 16.9 Å². The number of benzene rings is 1. The normalized spacial score (nSPS) is 11.3. The highest BCUT2D eigenvalue weighted by atomic mass is 19.4. The summed E-state index contributed by atoms with van der Waals surface area (Å²) in [5.41, 5.74) is -0.231. The van der Waals surface area contributed by atoms with Crippen molar-refractivity contribution in [3.8, 4) is 0 Å². The van der Waals surface area contributed by atoms with Crippen molar-refractivity contribution < 1.29 is 22.7 Å². The van der Waals surface area contributed by atoms with Gasteiger partial charge in [0.25, 0.3) is 0 Å². The molecule has 0 atom stereocenters.